The van der Waals surface area contributed by atoms with Crippen LogP contribution in [0.2, 0.25) is 0 Å². The molecule has 5 nitrogen and oxygen atoms in total. The molecule has 0 heterocycles. The summed E-state index contributed by atoms with van der Waals surface area (Å²) >= 11 is 0. The van der Waals surface area contributed by atoms with E-state index in [0.29, 0.717) is 19.6 Å². The second-order valence-corrected chi connectivity index (χ2v) is 6.99. The molecule has 0 aliphatic heterocycles. The lowest BCUT2D eigenvalue weighted by Crippen LogP contribution is -2.12. The minimum absolute atomic E-state index is 0.0806. The van der Waals surface area contributed by atoms with Gasteiger partial charge in [0, 0.05) is 6.42 Å². The van der Waals surface area contributed by atoms with Gasteiger partial charge < -0.3 is 19.0 Å². The second kappa shape index (κ2) is 12.0. The fourth-order valence-corrected chi connectivity index (χ4v) is 2.97. The number of hydrogen-bond acceptors (Lipinski definition) is 5. The number of halogens is 3. The Morgan fingerprint density at radius 1 is 0.969 bits per heavy atom. The lowest BCUT2D eigenvalue weighted by Gasteiger charge is -2.16. The van der Waals surface area contributed by atoms with E-state index >= 15 is 0 Å². The highest BCUT2D eigenvalue weighted by Gasteiger charge is 2.34. The molecule has 0 aromatic heterocycles. The zero-order valence-electron chi connectivity index (χ0n) is 18.7. The number of aryl methyl sites for hydroxylation is 2. The number of rotatable bonds is 11. The highest BCUT2D eigenvalue weighted by atomic mass is 19.4. The summed E-state index contributed by atoms with van der Waals surface area (Å²) < 4.78 is 57.0. The van der Waals surface area contributed by atoms with Crippen LogP contribution in [0.4, 0.5) is 13.2 Å². The summed E-state index contributed by atoms with van der Waals surface area (Å²) in [4.78, 5) is 4.51. The molecule has 0 spiro atoms. The SMILES string of the molecule is C/C=C/COc1cc(C)c(OCCCOc2ccc(C=NOC)cc2C(F)(F)F)c(C)c1. The van der Waals surface area contributed by atoms with Gasteiger partial charge >= 0.3 is 6.18 Å². The zero-order chi connectivity index (χ0) is 23.6. The quantitative estimate of drug-likeness (QED) is 0.179. The van der Waals surface area contributed by atoms with E-state index in [1.165, 1.54) is 25.5 Å². The zero-order valence-corrected chi connectivity index (χ0v) is 18.7. The van der Waals surface area contributed by atoms with Gasteiger partial charge in [-0.3, -0.25) is 0 Å². The van der Waals surface area contributed by atoms with E-state index in [2.05, 4.69) is 9.99 Å². The first-order valence-corrected chi connectivity index (χ1v) is 10.1. The standard InChI is InChI=1S/C24H28F3NO4/c1-5-6-10-30-20-13-17(2)23(18(3)14-20)32-12-7-11-31-22-9-8-19(16-28-29-4)15-21(22)24(25,26)27/h5-6,8-9,13-16H,7,10-12H2,1-4H3/b6-5+,28-16?. The van der Waals surface area contributed by atoms with Crippen molar-refractivity contribution in [1.82, 2.24) is 0 Å². The average Bonchev–Trinajstić information content (AvgIpc) is 2.73. The van der Waals surface area contributed by atoms with Gasteiger partial charge in [-0.1, -0.05) is 17.3 Å². The Labute approximate surface area is 186 Å². The molecule has 0 aliphatic rings. The van der Waals surface area contributed by atoms with Crippen LogP contribution in [0.15, 0.2) is 47.6 Å². The maximum atomic E-state index is 13.4. The maximum absolute atomic E-state index is 13.4. The van der Waals surface area contributed by atoms with Crippen LogP contribution in [0.1, 0.15) is 35.6 Å². The van der Waals surface area contributed by atoms with E-state index in [1.807, 2.05) is 45.1 Å². The molecule has 2 aromatic rings. The largest absolute Gasteiger partial charge is 0.493 e. The van der Waals surface area contributed by atoms with Gasteiger partial charge in [-0.05, 0) is 67.8 Å². The third-order valence-electron chi connectivity index (χ3n) is 4.42. The lowest BCUT2D eigenvalue weighted by molar-refractivity contribution is -0.139. The van der Waals surface area contributed by atoms with Crippen LogP contribution in [-0.4, -0.2) is 33.1 Å². The Morgan fingerprint density at radius 3 is 2.28 bits per heavy atom. The summed E-state index contributed by atoms with van der Waals surface area (Å²) in [6.45, 7) is 6.65. The summed E-state index contributed by atoms with van der Waals surface area (Å²) in [5.41, 5.74) is 1.25. The Morgan fingerprint density at radius 2 is 1.66 bits per heavy atom. The van der Waals surface area contributed by atoms with Gasteiger partial charge in [0.15, 0.2) is 0 Å². The molecule has 0 atom stereocenters. The molecule has 2 rings (SSSR count). The summed E-state index contributed by atoms with van der Waals surface area (Å²) in [5, 5.41) is 3.49. The number of alkyl halides is 3. The molecule has 0 bridgehead atoms. The van der Waals surface area contributed by atoms with E-state index < -0.39 is 11.7 Å². The van der Waals surface area contributed by atoms with Gasteiger partial charge in [0.1, 0.15) is 31.0 Å². The molecule has 0 amide bonds. The second-order valence-electron chi connectivity index (χ2n) is 6.99. The van der Waals surface area contributed by atoms with Gasteiger partial charge in [-0.15, -0.1) is 0 Å². The summed E-state index contributed by atoms with van der Waals surface area (Å²) in [7, 11) is 1.32. The van der Waals surface area contributed by atoms with Crippen LogP contribution in [0.3, 0.4) is 0 Å². The summed E-state index contributed by atoms with van der Waals surface area (Å²) in [5.74, 6) is 1.26. The first-order chi connectivity index (χ1) is 15.3. The lowest BCUT2D eigenvalue weighted by atomic mass is 10.1. The van der Waals surface area contributed by atoms with Gasteiger partial charge in [0.05, 0.1) is 25.0 Å². The van der Waals surface area contributed by atoms with Crippen molar-refractivity contribution in [2.24, 2.45) is 5.16 Å². The molecular weight excluding hydrogens is 423 g/mol. The molecule has 0 fully saturated rings. The van der Waals surface area contributed by atoms with E-state index in [1.54, 1.807) is 0 Å². The highest BCUT2D eigenvalue weighted by molar-refractivity contribution is 5.80. The number of benzene rings is 2. The topological polar surface area (TPSA) is 49.3 Å². The van der Waals surface area contributed by atoms with Crippen molar-refractivity contribution in [1.29, 1.82) is 0 Å². The number of oxime groups is 1. The number of nitrogens with zero attached hydrogens (tertiary/aromatic N) is 1. The average molecular weight is 451 g/mol. The predicted octanol–water partition coefficient (Wildman–Crippen LogP) is 6.11. The minimum Gasteiger partial charge on any atom is -0.493 e. The van der Waals surface area contributed by atoms with Gasteiger partial charge in [-0.2, -0.15) is 13.2 Å². The van der Waals surface area contributed by atoms with Crippen LogP contribution in [0, 0.1) is 13.8 Å². The summed E-state index contributed by atoms with van der Waals surface area (Å²) in [6.07, 6.45) is 0.908. The molecule has 174 valence electrons. The Kier molecular flexibility index (Phi) is 9.43. The molecule has 0 radical (unpaired) electrons. The smallest absolute Gasteiger partial charge is 0.419 e. The normalized spacial score (nSPS) is 11.8. The van der Waals surface area contributed by atoms with Crippen LogP contribution >= 0.6 is 0 Å². The highest BCUT2D eigenvalue weighted by Crippen LogP contribution is 2.36. The maximum Gasteiger partial charge on any atom is 0.419 e. The molecule has 0 saturated carbocycles. The number of allylic oxidation sites excluding steroid dienone is 1. The number of ether oxygens (including phenoxy) is 3. The predicted molar refractivity (Wildman–Crippen MR) is 118 cm³/mol. The van der Waals surface area contributed by atoms with Crippen molar-refractivity contribution in [3.8, 4) is 17.2 Å². The number of hydrogen-bond donors (Lipinski definition) is 0. The first kappa shape index (κ1) is 25.1. The third-order valence-corrected chi connectivity index (χ3v) is 4.42. The Balaban J connectivity index is 1.93. The molecule has 0 aliphatic carbocycles. The molecule has 32 heavy (non-hydrogen) atoms. The monoisotopic (exact) mass is 451 g/mol. The van der Waals surface area contributed by atoms with E-state index in [9.17, 15) is 13.2 Å². The Bertz CT molecular complexity index is 916. The van der Waals surface area contributed by atoms with Crippen LogP contribution in [0.25, 0.3) is 0 Å². The van der Waals surface area contributed by atoms with Gasteiger partial charge in [0.25, 0.3) is 0 Å². The summed E-state index contributed by atoms with van der Waals surface area (Å²) in [6, 6.07) is 7.53. The molecule has 2 aromatic carbocycles. The van der Waals surface area contributed by atoms with Crippen molar-refractivity contribution in [3.05, 3.63) is 64.7 Å². The molecular formula is C24H28F3NO4. The van der Waals surface area contributed by atoms with Crippen molar-refractivity contribution >= 4 is 6.21 Å². The van der Waals surface area contributed by atoms with Crippen LogP contribution < -0.4 is 14.2 Å². The van der Waals surface area contributed by atoms with Crippen molar-refractivity contribution in [2.45, 2.75) is 33.4 Å². The fourth-order valence-electron chi connectivity index (χ4n) is 2.97. The Hall–Kier alpha value is -3.16. The van der Waals surface area contributed by atoms with Crippen LogP contribution in [0.5, 0.6) is 17.2 Å². The third kappa shape index (κ3) is 7.51. The van der Waals surface area contributed by atoms with Gasteiger partial charge in [-0.25, -0.2) is 0 Å². The van der Waals surface area contributed by atoms with E-state index in [-0.39, 0.29) is 17.9 Å². The molecule has 0 saturated heterocycles. The van der Waals surface area contributed by atoms with Crippen molar-refractivity contribution in [2.75, 3.05) is 26.9 Å². The van der Waals surface area contributed by atoms with E-state index in [4.69, 9.17) is 14.2 Å². The van der Waals surface area contributed by atoms with Gasteiger partial charge in [0.2, 0.25) is 0 Å². The fraction of sp³-hybridized carbons (Fsp3) is 0.375. The molecule has 8 heteroatoms. The minimum atomic E-state index is -4.55. The van der Waals surface area contributed by atoms with Crippen molar-refractivity contribution in [3.63, 3.8) is 0 Å². The van der Waals surface area contributed by atoms with Crippen LogP contribution in [-0.2, 0) is 11.0 Å². The van der Waals surface area contributed by atoms with Crippen molar-refractivity contribution < 1.29 is 32.2 Å². The molecule has 0 N–H and O–H groups in total. The van der Waals surface area contributed by atoms with E-state index in [0.717, 1.165) is 28.7 Å². The molecule has 0 unspecified atom stereocenters. The first-order valence-electron chi connectivity index (χ1n) is 10.1.